The summed E-state index contributed by atoms with van der Waals surface area (Å²) in [5.74, 6) is 0.600. The number of aryl methyl sites for hydroxylation is 1. The normalized spacial score (nSPS) is 15.1. The van der Waals surface area contributed by atoms with Gasteiger partial charge >= 0.3 is 0 Å². The summed E-state index contributed by atoms with van der Waals surface area (Å²) in [4.78, 5) is 43.7. The maximum Gasteiger partial charge on any atom is 0.265 e. The van der Waals surface area contributed by atoms with Crippen LogP contribution in [0.4, 0.5) is 0 Å². The molecule has 0 radical (unpaired) electrons. The second-order valence-corrected chi connectivity index (χ2v) is 7.36. The van der Waals surface area contributed by atoms with Gasteiger partial charge in [-0.1, -0.05) is 0 Å². The minimum Gasteiger partial charge on any atom is -0.348 e. The van der Waals surface area contributed by atoms with Crippen LogP contribution in [0.1, 0.15) is 15.4 Å². The van der Waals surface area contributed by atoms with E-state index in [9.17, 15) is 9.59 Å². The fraction of sp³-hybridized carbons (Fsp3) is 0.471. The van der Waals surface area contributed by atoms with Gasteiger partial charge in [0.1, 0.15) is 4.88 Å². The Hall–Kier alpha value is -2.39. The topological polar surface area (TPSA) is 82.5 Å². The van der Waals surface area contributed by atoms with Gasteiger partial charge in [-0.25, -0.2) is 15.0 Å². The molecule has 0 aromatic carbocycles. The van der Waals surface area contributed by atoms with Crippen molar-refractivity contribution in [3.8, 4) is 10.8 Å². The summed E-state index contributed by atoms with van der Waals surface area (Å²) in [6.45, 7) is 4.82. The second-order valence-electron chi connectivity index (χ2n) is 6.36. The van der Waals surface area contributed by atoms with E-state index in [1.165, 1.54) is 11.3 Å². The third-order valence-electron chi connectivity index (χ3n) is 4.27. The molecule has 1 fully saturated rings. The number of hydrogen-bond donors (Lipinski definition) is 0. The summed E-state index contributed by atoms with van der Waals surface area (Å²) in [5.41, 5.74) is 0.702. The first-order valence-corrected chi connectivity index (χ1v) is 9.24. The minimum absolute atomic E-state index is 0.0132. The van der Waals surface area contributed by atoms with Crippen LogP contribution in [0.15, 0.2) is 18.5 Å². The molecule has 0 aliphatic carbocycles. The smallest absolute Gasteiger partial charge is 0.265 e. The lowest BCUT2D eigenvalue weighted by Gasteiger charge is -2.34. The van der Waals surface area contributed by atoms with Gasteiger partial charge in [0.25, 0.3) is 5.91 Å². The molecule has 0 bridgehead atoms. The van der Waals surface area contributed by atoms with Crippen LogP contribution >= 0.6 is 11.3 Å². The molecule has 0 saturated carbocycles. The van der Waals surface area contributed by atoms with Crippen LogP contribution in [0.5, 0.6) is 0 Å². The number of hydrogen-bond acceptors (Lipinski definition) is 7. The predicted molar refractivity (Wildman–Crippen MR) is 98.9 cm³/mol. The van der Waals surface area contributed by atoms with Crippen molar-refractivity contribution < 1.29 is 9.59 Å². The number of aromatic nitrogens is 3. The van der Waals surface area contributed by atoms with Gasteiger partial charge in [-0.3, -0.25) is 14.5 Å². The Kier molecular flexibility index (Phi) is 5.58. The predicted octanol–water partition coefficient (Wildman–Crippen LogP) is 0.755. The summed E-state index contributed by atoms with van der Waals surface area (Å²) in [7, 11) is 3.51. The first-order valence-electron chi connectivity index (χ1n) is 8.42. The van der Waals surface area contributed by atoms with Gasteiger partial charge in [-0.05, 0) is 13.0 Å². The van der Waals surface area contributed by atoms with Crippen molar-refractivity contribution in [2.75, 3.05) is 46.8 Å². The van der Waals surface area contributed by atoms with Crippen molar-refractivity contribution in [1.82, 2.24) is 29.7 Å². The zero-order valence-corrected chi connectivity index (χ0v) is 16.0. The molecule has 3 heterocycles. The fourth-order valence-electron chi connectivity index (χ4n) is 2.69. The van der Waals surface area contributed by atoms with Crippen LogP contribution in [-0.4, -0.2) is 88.3 Å². The lowest BCUT2D eigenvalue weighted by Crippen LogP contribution is -2.51. The van der Waals surface area contributed by atoms with E-state index in [-0.39, 0.29) is 11.8 Å². The average molecular weight is 374 g/mol. The highest BCUT2D eigenvalue weighted by molar-refractivity contribution is 7.17. The largest absolute Gasteiger partial charge is 0.348 e. The number of nitrogens with zero attached hydrogens (tertiary/aromatic N) is 6. The Morgan fingerprint density at radius 2 is 1.81 bits per heavy atom. The standard InChI is InChI=1S/C17H22N6O2S/c1-12-14(26-16(20-12)15-18-5-4-6-19-15)17(25)23-9-7-22(8-10-23)11-13(24)21(2)3/h4-6H,7-11H2,1-3H3. The molecule has 0 spiro atoms. The van der Waals surface area contributed by atoms with Gasteiger partial charge in [-0.15, -0.1) is 11.3 Å². The highest BCUT2D eigenvalue weighted by Gasteiger charge is 2.26. The van der Waals surface area contributed by atoms with E-state index in [4.69, 9.17) is 0 Å². The number of likely N-dealkylation sites (N-methyl/N-ethyl adjacent to an activating group) is 1. The van der Waals surface area contributed by atoms with Gasteiger partial charge in [-0.2, -0.15) is 0 Å². The second kappa shape index (κ2) is 7.88. The quantitative estimate of drug-likeness (QED) is 0.786. The van der Waals surface area contributed by atoms with E-state index in [1.54, 1.807) is 37.5 Å². The van der Waals surface area contributed by atoms with Crippen molar-refractivity contribution in [2.24, 2.45) is 0 Å². The Balaban J connectivity index is 1.64. The number of carbonyl (C=O) groups is 2. The maximum atomic E-state index is 12.9. The Morgan fingerprint density at radius 1 is 1.15 bits per heavy atom. The molecule has 1 aliphatic rings. The summed E-state index contributed by atoms with van der Waals surface area (Å²) in [6, 6.07) is 1.75. The van der Waals surface area contributed by atoms with E-state index in [2.05, 4.69) is 19.9 Å². The Labute approximate surface area is 156 Å². The summed E-state index contributed by atoms with van der Waals surface area (Å²) in [5, 5.41) is 0.654. The lowest BCUT2D eigenvalue weighted by molar-refractivity contribution is -0.130. The van der Waals surface area contributed by atoms with Crippen LogP contribution in [0.3, 0.4) is 0 Å². The molecular weight excluding hydrogens is 352 g/mol. The first kappa shape index (κ1) is 18.4. The van der Waals surface area contributed by atoms with Gasteiger partial charge in [0, 0.05) is 52.7 Å². The first-order chi connectivity index (χ1) is 12.5. The van der Waals surface area contributed by atoms with Crippen molar-refractivity contribution >= 4 is 23.2 Å². The summed E-state index contributed by atoms with van der Waals surface area (Å²) < 4.78 is 0. The highest BCUT2D eigenvalue weighted by Crippen LogP contribution is 2.26. The maximum absolute atomic E-state index is 12.9. The fourth-order valence-corrected chi connectivity index (χ4v) is 3.67. The molecule has 2 aromatic rings. The van der Waals surface area contributed by atoms with E-state index >= 15 is 0 Å². The highest BCUT2D eigenvalue weighted by atomic mass is 32.1. The number of piperazine rings is 1. The average Bonchev–Trinajstić information content (AvgIpc) is 3.04. The van der Waals surface area contributed by atoms with Gasteiger partial charge in [0.05, 0.1) is 12.2 Å². The van der Waals surface area contributed by atoms with Crippen molar-refractivity contribution in [1.29, 1.82) is 0 Å². The minimum atomic E-state index is -0.0132. The molecule has 8 nitrogen and oxygen atoms in total. The molecule has 0 N–H and O–H groups in total. The molecule has 0 unspecified atom stereocenters. The van der Waals surface area contributed by atoms with E-state index < -0.39 is 0 Å². The summed E-state index contributed by atoms with van der Waals surface area (Å²) in [6.07, 6.45) is 3.32. The van der Waals surface area contributed by atoms with Gasteiger partial charge < -0.3 is 9.80 Å². The molecule has 0 atom stereocenters. The zero-order valence-electron chi connectivity index (χ0n) is 15.2. The lowest BCUT2D eigenvalue weighted by atomic mass is 10.2. The van der Waals surface area contributed by atoms with Crippen LogP contribution in [-0.2, 0) is 4.79 Å². The van der Waals surface area contributed by atoms with Crippen molar-refractivity contribution in [3.63, 3.8) is 0 Å². The van der Waals surface area contributed by atoms with Gasteiger partial charge in [0.15, 0.2) is 10.8 Å². The van der Waals surface area contributed by atoms with E-state index in [0.29, 0.717) is 54.1 Å². The Bertz CT molecular complexity index is 784. The van der Waals surface area contributed by atoms with E-state index in [0.717, 1.165) is 0 Å². The zero-order chi connectivity index (χ0) is 18.7. The van der Waals surface area contributed by atoms with Crippen LogP contribution < -0.4 is 0 Å². The molecule has 138 valence electrons. The van der Waals surface area contributed by atoms with Crippen molar-refractivity contribution in [3.05, 3.63) is 29.0 Å². The van der Waals surface area contributed by atoms with Crippen LogP contribution in [0.25, 0.3) is 10.8 Å². The SMILES string of the molecule is Cc1nc(-c2ncccn2)sc1C(=O)N1CCN(CC(=O)N(C)C)CC1. The molecule has 2 amide bonds. The monoisotopic (exact) mass is 374 g/mol. The molecule has 1 aliphatic heterocycles. The van der Waals surface area contributed by atoms with E-state index in [1.807, 2.05) is 11.8 Å². The number of thiazole rings is 1. The summed E-state index contributed by atoms with van der Waals surface area (Å²) >= 11 is 1.33. The van der Waals surface area contributed by atoms with Crippen LogP contribution in [0.2, 0.25) is 0 Å². The van der Waals surface area contributed by atoms with Crippen LogP contribution in [0, 0.1) is 6.92 Å². The molecular formula is C17H22N6O2S. The molecule has 2 aromatic heterocycles. The third-order valence-corrected chi connectivity index (χ3v) is 5.41. The number of carbonyl (C=O) groups excluding carboxylic acids is 2. The number of amides is 2. The number of rotatable bonds is 4. The molecule has 3 rings (SSSR count). The van der Waals surface area contributed by atoms with Gasteiger partial charge in [0.2, 0.25) is 5.91 Å². The molecule has 1 saturated heterocycles. The molecule has 26 heavy (non-hydrogen) atoms. The third kappa shape index (κ3) is 4.05. The molecule has 9 heteroatoms. The Morgan fingerprint density at radius 3 is 2.42 bits per heavy atom. The van der Waals surface area contributed by atoms with Crippen molar-refractivity contribution in [2.45, 2.75) is 6.92 Å².